The molecule has 0 atom stereocenters. The Morgan fingerprint density at radius 2 is 1.69 bits per heavy atom. The standard InChI is InChI=1S/C22H25N3O4/c1-25-19(16-6-8-17(27-2)9-7-16)14-18(24-25)22(26)23-12-11-15-5-10-20(28-3)21(13-15)29-4/h5-10,13-14H,11-12H2,1-4H3,(H,23,26). The number of nitrogens with zero attached hydrogens (tertiary/aromatic N) is 2. The molecule has 0 saturated heterocycles. The summed E-state index contributed by atoms with van der Waals surface area (Å²) in [6.45, 7) is 0.489. The average molecular weight is 395 g/mol. The number of benzene rings is 2. The molecule has 0 unspecified atom stereocenters. The highest BCUT2D eigenvalue weighted by molar-refractivity contribution is 5.93. The number of nitrogens with one attached hydrogen (secondary N) is 1. The van der Waals surface area contributed by atoms with Crippen LogP contribution in [0, 0.1) is 0 Å². The topological polar surface area (TPSA) is 74.6 Å². The molecule has 0 bridgehead atoms. The molecule has 0 saturated carbocycles. The number of methoxy groups -OCH3 is 3. The lowest BCUT2D eigenvalue weighted by molar-refractivity contribution is 0.0948. The van der Waals surface area contributed by atoms with Gasteiger partial charge in [-0.15, -0.1) is 0 Å². The molecule has 1 aromatic heterocycles. The van der Waals surface area contributed by atoms with E-state index >= 15 is 0 Å². The molecule has 29 heavy (non-hydrogen) atoms. The van der Waals surface area contributed by atoms with Crippen LogP contribution in [0.15, 0.2) is 48.5 Å². The first kappa shape index (κ1) is 20.3. The molecular weight excluding hydrogens is 370 g/mol. The first-order valence-corrected chi connectivity index (χ1v) is 9.23. The van der Waals surface area contributed by atoms with E-state index in [1.54, 1.807) is 32.1 Å². The van der Waals surface area contributed by atoms with Crippen molar-refractivity contribution in [1.29, 1.82) is 0 Å². The van der Waals surface area contributed by atoms with E-state index < -0.39 is 0 Å². The molecule has 7 heteroatoms. The quantitative estimate of drug-likeness (QED) is 0.634. The Hall–Kier alpha value is -3.48. The third kappa shape index (κ3) is 4.68. The highest BCUT2D eigenvalue weighted by Gasteiger charge is 2.14. The van der Waals surface area contributed by atoms with Crippen molar-refractivity contribution in [3.63, 3.8) is 0 Å². The number of hydrogen-bond donors (Lipinski definition) is 1. The molecule has 0 aliphatic heterocycles. The highest BCUT2D eigenvalue weighted by Crippen LogP contribution is 2.27. The zero-order valence-corrected chi connectivity index (χ0v) is 17.1. The monoisotopic (exact) mass is 395 g/mol. The van der Waals surface area contributed by atoms with Gasteiger partial charge in [-0.25, -0.2) is 0 Å². The van der Waals surface area contributed by atoms with Gasteiger partial charge in [0.15, 0.2) is 17.2 Å². The van der Waals surface area contributed by atoms with Crippen LogP contribution in [0.3, 0.4) is 0 Å². The summed E-state index contributed by atoms with van der Waals surface area (Å²) in [6, 6.07) is 15.1. The van der Waals surface area contributed by atoms with Crippen molar-refractivity contribution >= 4 is 5.91 Å². The second-order valence-corrected chi connectivity index (χ2v) is 6.46. The molecule has 0 spiro atoms. The molecule has 1 amide bonds. The summed E-state index contributed by atoms with van der Waals surface area (Å²) in [5.74, 6) is 1.93. The number of carbonyl (C=O) groups is 1. The van der Waals surface area contributed by atoms with E-state index in [-0.39, 0.29) is 5.91 Å². The normalized spacial score (nSPS) is 10.5. The van der Waals surface area contributed by atoms with Crippen molar-refractivity contribution in [1.82, 2.24) is 15.1 Å². The van der Waals surface area contributed by atoms with Crippen LogP contribution in [0.5, 0.6) is 17.2 Å². The fraction of sp³-hybridized carbons (Fsp3) is 0.273. The lowest BCUT2D eigenvalue weighted by Gasteiger charge is -2.09. The summed E-state index contributed by atoms with van der Waals surface area (Å²) in [5.41, 5.74) is 3.25. The molecule has 152 valence electrons. The van der Waals surface area contributed by atoms with E-state index in [9.17, 15) is 4.79 Å². The van der Waals surface area contributed by atoms with Gasteiger partial charge in [0, 0.05) is 19.2 Å². The molecule has 3 rings (SSSR count). The van der Waals surface area contributed by atoms with Crippen LogP contribution in [0.4, 0.5) is 0 Å². The zero-order chi connectivity index (χ0) is 20.8. The smallest absolute Gasteiger partial charge is 0.271 e. The van der Waals surface area contributed by atoms with E-state index in [4.69, 9.17) is 14.2 Å². The van der Waals surface area contributed by atoms with Crippen molar-refractivity contribution in [2.75, 3.05) is 27.9 Å². The van der Waals surface area contributed by atoms with Gasteiger partial charge in [-0.05, 0) is 54.4 Å². The minimum atomic E-state index is -0.208. The van der Waals surface area contributed by atoms with Crippen molar-refractivity contribution < 1.29 is 19.0 Å². The minimum absolute atomic E-state index is 0.208. The van der Waals surface area contributed by atoms with Crippen LogP contribution in [-0.2, 0) is 13.5 Å². The van der Waals surface area contributed by atoms with Crippen molar-refractivity contribution in [3.05, 3.63) is 59.8 Å². The van der Waals surface area contributed by atoms with E-state index in [1.807, 2.05) is 49.5 Å². The van der Waals surface area contributed by atoms with E-state index in [1.165, 1.54) is 0 Å². The Balaban J connectivity index is 1.62. The first-order valence-electron chi connectivity index (χ1n) is 9.23. The maximum Gasteiger partial charge on any atom is 0.271 e. The molecule has 1 heterocycles. The number of carbonyl (C=O) groups excluding carboxylic acids is 1. The molecular formula is C22H25N3O4. The Morgan fingerprint density at radius 3 is 2.34 bits per heavy atom. The van der Waals surface area contributed by atoms with Gasteiger partial charge in [-0.3, -0.25) is 9.48 Å². The summed E-state index contributed by atoms with van der Waals surface area (Å²) in [7, 11) is 6.65. The van der Waals surface area contributed by atoms with Crippen LogP contribution in [0.1, 0.15) is 16.1 Å². The number of ether oxygens (including phenoxy) is 3. The fourth-order valence-corrected chi connectivity index (χ4v) is 3.06. The van der Waals surface area contributed by atoms with Gasteiger partial charge < -0.3 is 19.5 Å². The van der Waals surface area contributed by atoms with E-state index in [2.05, 4.69) is 10.4 Å². The summed E-state index contributed by atoms with van der Waals surface area (Å²) in [6.07, 6.45) is 0.671. The van der Waals surface area contributed by atoms with Crippen LogP contribution >= 0.6 is 0 Å². The predicted molar refractivity (Wildman–Crippen MR) is 111 cm³/mol. The average Bonchev–Trinajstić information content (AvgIpc) is 3.15. The number of rotatable bonds is 8. The third-order valence-electron chi connectivity index (χ3n) is 4.65. The van der Waals surface area contributed by atoms with Crippen molar-refractivity contribution in [2.45, 2.75) is 6.42 Å². The summed E-state index contributed by atoms with van der Waals surface area (Å²) >= 11 is 0. The van der Waals surface area contributed by atoms with E-state index in [0.29, 0.717) is 30.2 Å². The highest BCUT2D eigenvalue weighted by atomic mass is 16.5. The van der Waals surface area contributed by atoms with Crippen LogP contribution in [0.25, 0.3) is 11.3 Å². The molecule has 0 fully saturated rings. The Bertz CT molecular complexity index is 980. The molecule has 2 aromatic carbocycles. The summed E-state index contributed by atoms with van der Waals surface area (Å²) in [5, 5.41) is 7.26. The van der Waals surface area contributed by atoms with E-state index in [0.717, 1.165) is 22.6 Å². The van der Waals surface area contributed by atoms with Crippen LogP contribution in [-0.4, -0.2) is 43.6 Å². The Morgan fingerprint density at radius 1 is 0.966 bits per heavy atom. The maximum absolute atomic E-state index is 12.5. The Kier molecular flexibility index (Phi) is 6.39. The van der Waals surface area contributed by atoms with Crippen molar-refractivity contribution in [3.8, 4) is 28.5 Å². The minimum Gasteiger partial charge on any atom is -0.497 e. The van der Waals surface area contributed by atoms with Gasteiger partial charge >= 0.3 is 0 Å². The summed E-state index contributed by atoms with van der Waals surface area (Å²) in [4.78, 5) is 12.5. The molecule has 0 radical (unpaired) electrons. The number of aryl methyl sites for hydroxylation is 1. The first-order chi connectivity index (χ1) is 14.0. The molecule has 0 aliphatic carbocycles. The lowest BCUT2D eigenvalue weighted by atomic mass is 10.1. The SMILES string of the molecule is COc1ccc(-c2cc(C(=O)NCCc3ccc(OC)c(OC)c3)nn2C)cc1. The number of aromatic nitrogens is 2. The zero-order valence-electron chi connectivity index (χ0n) is 17.1. The molecule has 7 nitrogen and oxygen atoms in total. The second-order valence-electron chi connectivity index (χ2n) is 6.46. The van der Waals surface area contributed by atoms with Gasteiger partial charge in [0.05, 0.1) is 27.0 Å². The second kappa shape index (κ2) is 9.14. The lowest BCUT2D eigenvalue weighted by Crippen LogP contribution is -2.26. The predicted octanol–water partition coefficient (Wildman–Crippen LogP) is 3.09. The van der Waals surface area contributed by atoms with Gasteiger partial charge in [0.1, 0.15) is 5.75 Å². The number of amides is 1. The molecule has 0 aliphatic rings. The maximum atomic E-state index is 12.5. The number of hydrogen-bond acceptors (Lipinski definition) is 5. The molecule has 3 aromatic rings. The van der Waals surface area contributed by atoms with Gasteiger partial charge in [-0.1, -0.05) is 6.07 Å². The van der Waals surface area contributed by atoms with Gasteiger partial charge in [-0.2, -0.15) is 5.10 Å². The van der Waals surface area contributed by atoms with Crippen LogP contribution in [0.2, 0.25) is 0 Å². The molecule has 1 N–H and O–H groups in total. The Labute approximate surface area is 170 Å². The fourth-order valence-electron chi connectivity index (χ4n) is 3.06. The third-order valence-corrected chi connectivity index (χ3v) is 4.65. The van der Waals surface area contributed by atoms with Gasteiger partial charge in [0.25, 0.3) is 5.91 Å². The van der Waals surface area contributed by atoms with Gasteiger partial charge in [0.2, 0.25) is 0 Å². The van der Waals surface area contributed by atoms with Crippen molar-refractivity contribution in [2.24, 2.45) is 7.05 Å². The largest absolute Gasteiger partial charge is 0.497 e. The summed E-state index contributed by atoms with van der Waals surface area (Å²) < 4.78 is 17.4. The van der Waals surface area contributed by atoms with Crippen LogP contribution < -0.4 is 19.5 Å².